The van der Waals surface area contributed by atoms with E-state index in [1.807, 2.05) is 60.8 Å². The second-order valence-corrected chi connectivity index (χ2v) is 6.33. The van der Waals surface area contributed by atoms with Crippen molar-refractivity contribution in [2.45, 2.75) is 12.6 Å². The molecule has 0 radical (unpaired) electrons. The van der Waals surface area contributed by atoms with E-state index in [0.717, 1.165) is 28.7 Å². The lowest BCUT2D eigenvalue weighted by molar-refractivity contribution is -0.118. The molecular weight excluding hydrogens is 356 g/mol. The number of anilines is 1. The number of benzene rings is 2. The van der Waals surface area contributed by atoms with Crippen LogP contribution in [0, 0.1) is 0 Å². The molecule has 0 fully saturated rings. The highest BCUT2D eigenvalue weighted by Gasteiger charge is 2.24. The lowest BCUT2D eigenvalue weighted by Gasteiger charge is -2.17. The molecule has 2 heterocycles. The first-order valence-corrected chi connectivity index (χ1v) is 8.93. The molecule has 0 spiro atoms. The molecule has 0 aliphatic rings. The van der Waals surface area contributed by atoms with Crippen LogP contribution in [0.5, 0.6) is 0 Å². The van der Waals surface area contributed by atoms with Crippen molar-refractivity contribution >= 4 is 22.5 Å². The van der Waals surface area contributed by atoms with Crippen molar-refractivity contribution in [1.29, 1.82) is 0 Å². The normalized spacial score (nSPS) is 12.2. The Bertz CT molecular complexity index is 1060. The molecular formula is C20H20N6O2. The summed E-state index contributed by atoms with van der Waals surface area (Å²) in [6.45, 7) is 1.37. The van der Waals surface area contributed by atoms with Crippen LogP contribution < -0.4 is 5.32 Å². The summed E-state index contributed by atoms with van der Waals surface area (Å²) < 4.78 is 8.72. The van der Waals surface area contributed by atoms with Crippen molar-refractivity contribution in [3.05, 3.63) is 72.7 Å². The van der Waals surface area contributed by atoms with Gasteiger partial charge in [-0.15, -0.1) is 5.10 Å². The Morgan fingerprint density at radius 2 is 2.00 bits per heavy atom. The Hall–Kier alpha value is -3.52. The predicted octanol–water partition coefficient (Wildman–Crippen LogP) is 2.50. The Balaban J connectivity index is 1.66. The van der Waals surface area contributed by atoms with Crippen molar-refractivity contribution in [3.8, 4) is 0 Å². The van der Waals surface area contributed by atoms with Gasteiger partial charge in [0.25, 0.3) is 5.91 Å². The number of aromatic nitrogens is 5. The van der Waals surface area contributed by atoms with Gasteiger partial charge in [-0.2, -0.15) is 0 Å². The summed E-state index contributed by atoms with van der Waals surface area (Å²) in [6, 6.07) is 16.6. The number of amides is 1. The van der Waals surface area contributed by atoms with Crippen LogP contribution in [0.25, 0.3) is 10.9 Å². The van der Waals surface area contributed by atoms with Gasteiger partial charge in [-0.3, -0.25) is 4.79 Å². The molecule has 0 aliphatic heterocycles. The van der Waals surface area contributed by atoms with Gasteiger partial charge in [-0.1, -0.05) is 36.4 Å². The highest BCUT2D eigenvalue weighted by molar-refractivity contribution is 6.03. The number of ether oxygens (including phenoxy) is 1. The quantitative estimate of drug-likeness (QED) is 0.535. The minimum absolute atomic E-state index is 0.212. The number of tetrazole rings is 1. The lowest BCUT2D eigenvalue weighted by Crippen LogP contribution is -2.27. The van der Waals surface area contributed by atoms with Gasteiger partial charge in [0.2, 0.25) is 0 Å². The first-order chi connectivity index (χ1) is 13.8. The summed E-state index contributed by atoms with van der Waals surface area (Å²) >= 11 is 0. The first-order valence-electron chi connectivity index (χ1n) is 8.93. The number of rotatable bonds is 7. The number of nitrogens with zero attached hydrogens (tertiary/aromatic N) is 5. The van der Waals surface area contributed by atoms with Crippen LogP contribution in [0.2, 0.25) is 0 Å². The van der Waals surface area contributed by atoms with Gasteiger partial charge in [-0.05, 0) is 34.2 Å². The molecule has 1 amide bonds. The maximum atomic E-state index is 13.2. The minimum atomic E-state index is -0.665. The monoisotopic (exact) mass is 376 g/mol. The largest absolute Gasteiger partial charge is 0.383 e. The molecule has 4 rings (SSSR count). The van der Waals surface area contributed by atoms with Crippen LogP contribution >= 0.6 is 0 Å². The van der Waals surface area contributed by atoms with Crippen molar-refractivity contribution in [3.63, 3.8) is 0 Å². The van der Waals surface area contributed by atoms with Crippen molar-refractivity contribution in [2.24, 2.45) is 0 Å². The smallest absolute Gasteiger partial charge is 0.253 e. The van der Waals surface area contributed by atoms with Gasteiger partial charge >= 0.3 is 0 Å². The standard InChI is InChI=1S/C20H20N6O2/c1-28-13-12-25-11-10-16-17(8-5-9-18(16)25)22-20(27)19(26-14-21-23-24-26)15-6-3-2-4-7-15/h2-11,14,19H,12-13H2,1H3,(H,22,27)/t19-/m0/s1. The van der Waals surface area contributed by atoms with Gasteiger partial charge in [0.15, 0.2) is 6.04 Å². The van der Waals surface area contributed by atoms with E-state index >= 15 is 0 Å². The van der Waals surface area contributed by atoms with E-state index in [2.05, 4.69) is 25.4 Å². The molecule has 0 aliphatic carbocycles. The van der Waals surface area contributed by atoms with E-state index in [0.29, 0.717) is 6.61 Å². The summed E-state index contributed by atoms with van der Waals surface area (Å²) in [5.41, 5.74) is 2.58. The molecule has 0 saturated carbocycles. The van der Waals surface area contributed by atoms with Crippen molar-refractivity contribution in [1.82, 2.24) is 24.8 Å². The van der Waals surface area contributed by atoms with Crippen LogP contribution in [-0.2, 0) is 16.1 Å². The van der Waals surface area contributed by atoms with E-state index in [4.69, 9.17) is 4.74 Å². The average Bonchev–Trinajstić information content (AvgIpc) is 3.38. The molecule has 1 atom stereocenters. The first kappa shape index (κ1) is 17.9. The van der Waals surface area contributed by atoms with Gasteiger partial charge in [-0.25, -0.2) is 4.68 Å². The average molecular weight is 376 g/mol. The zero-order valence-corrected chi connectivity index (χ0v) is 15.4. The molecule has 28 heavy (non-hydrogen) atoms. The maximum Gasteiger partial charge on any atom is 0.253 e. The molecule has 142 valence electrons. The highest BCUT2D eigenvalue weighted by Crippen LogP contribution is 2.26. The fourth-order valence-electron chi connectivity index (χ4n) is 3.26. The zero-order chi connectivity index (χ0) is 19.3. The van der Waals surface area contributed by atoms with Gasteiger partial charge in [0, 0.05) is 25.2 Å². The zero-order valence-electron chi connectivity index (χ0n) is 15.4. The molecule has 1 N–H and O–H groups in total. The van der Waals surface area contributed by atoms with Crippen LogP contribution in [0.15, 0.2) is 67.1 Å². The van der Waals surface area contributed by atoms with Crippen LogP contribution in [0.1, 0.15) is 11.6 Å². The third-order valence-corrected chi connectivity index (χ3v) is 4.60. The SMILES string of the molecule is COCCn1ccc2c(NC(=O)[C@H](c3ccccc3)n3cnnn3)cccc21. The third kappa shape index (κ3) is 3.49. The highest BCUT2D eigenvalue weighted by atomic mass is 16.5. The molecule has 0 bridgehead atoms. The molecule has 0 unspecified atom stereocenters. The Morgan fingerprint density at radius 3 is 2.75 bits per heavy atom. The summed E-state index contributed by atoms with van der Waals surface area (Å²) in [7, 11) is 1.68. The molecule has 2 aromatic heterocycles. The fourth-order valence-corrected chi connectivity index (χ4v) is 3.26. The van der Waals surface area contributed by atoms with Crippen LogP contribution in [0.3, 0.4) is 0 Å². The Labute approximate surface area is 161 Å². The number of carbonyl (C=O) groups is 1. The van der Waals surface area contributed by atoms with Crippen LogP contribution in [0.4, 0.5) is 5.69 Å². The fraction of sp³-hybridized carbons (Fsp3) is 0.200. The van der Waals surface area contributed by atoms with Gasteiger partial charge in [0.05, 0.1) is 17.8 Å². The number of fused-ring (bicyclic) bond motifs is 1. The number of nitrogens with one attached hydrogen (secondary N) is 1. The second kappa shape index (κ2) is 8.01. The van der Waals surface area contributed by atoms with Crippen molar-refractivity contribution in [2.75, 3.05) is 19.0 Å². The Kier molecular flexibility index (Phi) is 5.11. The lowest BCUT2D eigenvalue weighted by atomic mass is 10.1. The van der Waals surface area contributed by atoms with Gasteiger partial charge in [0.1, 0.15) is 6.33 Å². The number of methoxy groups -OCH3 is 1. The topological polar surface area (TPSA) is 86.9 Å². The number of carbonyl (C=O) groups excluding carboxylic acids is 1. The van der Waals surface area contributed by atoms with E-state index in [9.17, 15) is 4.79 Å². The van der Waals surface area contributed by atoms with Crippen LogP contribution in [-0.4, -0.2) is 44.4 Å². The summed E-state index contributed by atoms with van der Waals surface area (Å²) in [6.07, 6.45) is 3.44. The molecule has 4 aromatic rings. The molecule has 8 nitrogen and oxygen atoms in total. The summed E-state index contributed by atoms with van der Waals surface area (Å²) in [4.78, 5) is 13.2. The maximum absolute atomic E-state index is 13.2. The van der Waals surface area contributed by atoms with E-state index in [-0.39, 0.29) is 5.91 Å². The summed E-state index contributed by atoms with van der Waals surface area (Å²) in [5.74, 6) is -0.212. The summed E-state index contributed by atoms with van der Waals surface area (Å²) in [5, 5.41) is 15.3. The van der Waals surface area contributed by atoms with E-state index < -0.39 is 6.04 Å². The van der Waals surface area contributed by atoms with E-state index in [1.54, 1.807) is 7.11 Å². The third-order valence-electron chi connectivity index (χ3n) is 4.60. The molecule has 0 saturated heterocycles. The van der Waals surface area contributed by atoms with E-state index in [1.165, 1.54) is 11.0 Å². The molecule has 8 heteroatoms. The Morgan fingerprint density at radius 1 is 1.14 bits per heavy atom. The van der Waals surface area contributed by atoms with Crippen molar-refractivity contribution < 1.29 is 9.53 Å². The second-order valence-electron chi connectivity index (χ2n) is 6.33. The minimum Gasteiger partial charge on any atom is -0.383 e. The predicted molar refractivity (Wildman–Crippen MR) is 105 cm³/mol. The van der Waals surface area contributed by atoms with Gasteiger partial charge < -0.3 is 14.6 Å². The number of hydrogen-bond donors (Lipinski definition) is 1. The molecule has 2 aromatic carbocycles. The number of hydrogen-bond acceptors (Lipinski definition) is 5.